The topological polar surface area (TPSA) is 19.9 Å². The van der Waals surface area contributed by atoms with Crippen LogP contribution in [0.25, 0.3) is 0 Å². The Labute approximate surface area is 167 Å². The van der Waals surface area contributed by atoms with Gasteiger partial charge in [0.15, 0.2) is 0 Å². The van der Waals surface area contributed by atoms with E-state index in [1.807, 2.05) is 0 Å². The number of hydrogen-bond acceptors (Lipinski definition) is 0. The Morgan fingerprint density at radius 1 is 0.762 bits per heavy atom. The van der Waals surface area contributed by atoms with Crippen molar-refractivity contribution in [1.82, 2.24) is 0 Å². The minimum absolute atomic E-state index is 0.000139. The predicted molar refractivity (Wildman–Crippen MR) is 93.3 cm³/mol. The van der Waals surface area contributed by atoms with Crippen LogP contribution in [0.4, 0.5) is 0 Å². The maximum Gasteiger partial charge on any atom is 0.216 e. The van der Waals surface area contributed by atoms with Crippen LogP contribution in [-0.4, -0.2) is 0 Å². The molecule has 0 N–H and O–H groups in total. The van der Waals surface area contributed by atoms with E-state index in [0.29, 0.717) is 0 Å². The van der Waals surface area contributed by atoms with Crippen molar-refractivity contribution in [2.45, 2.75) is 24.4 Å². The smallest absolute Gasteiger partial charge is 0.216 e. The third-order valence-corrected chi connectivity index (χ3v) is 4.40. The average Bonchev–Trinajstić information content (AvgIpc) is 2.23. The molecule has 21 heavy (non-hydrogen) atoms. The lowest BCUT2D eigenvalue weighted by Gasteiger charge is -2.27. The van der Waals surface area contributed by atoms with Crippen molar-refractivity contribution in [3.63, 3.8) is 0 Å². The van der Waals surface area contributed by atoms with E-state index in [9.17, 15) is 5.11 Å². The minimum Gasteiger partial charge on any atom is -0.228 e. The van der Waals surface area contributed by atoms with Gasteiger partial charge < -0.3 is 0 Å². The Balaban J connectivity index is 3.85. The van der Waals surface area contributed by atoms with Crippen LogP contribution in [0.15, 0.2) is 12.1 Å². The maximum atomic E-state index is 12.0. The van der Waals surface area contributed by atoms with Gasteiger partial charge in [-0.3, -0.25) is 0 Å². The second kappa shape index (κ2) is 6.96. The first-order chi connectivity index (χ1) is 9.15. The highest BCUT2D eigenvalue weighted by molar-refractivity contribution is 6.68. The molecular weight excluding hydrogens is 467 g/mol. The van der Waals surface area contributed by atoms with Gasteiger partial charge in [-0.1, -0.05) is 104 Å². The molecule has 1 unspecified atom stereocenters. The molecule has 0 aromatic heterocycles. The molecule has 0 saturated heterocycles. The van der Waals surface area contributed by atoms with Gasteiger partial charge in [-0.2, -0.15) is 0 Å². The monoisotopic (exact) mass is 469 g/mol. The van der Waals surface area contributed by atoms with E-state index >= 15 is 0 Å². The summed E-state index contributed by atoms with van der Waals surface area (Å²) in [6.45, 7) is 1.32. The molecule has 0 aliphatic rings. The van der Waals surface area contributed by atoms with Gasteiger partial charge in [0.05, 0.1) is 0 Å². The average molecular weight is 473 g/mol. The third-order valence-electron chi connectivity index (χ3n) is 2.52. The van der Waals surface area contributed by atoms with Crippen LogP contribution < -0.4 is 0 Å². The van der Waals surface area contributed by atoms with Gasteiger partial charge in [0.25, 0.3) is 0 Å². The van der Waals surface area contributed by atoms with E-state index < -0.39 is 17.5 Å². The summed E-state index contributed by atoms with van der Waals surface area (Å²) in [4.78, 5) is 0. The molecule has 1 radical (unpaired) electrons. The molecule has 1 nitrogen and oxygen atoms in total. The fraction of sp³-hybridized carbons (Fsp3) is 0.455. The summed E-state index contributed by atoms with van der Waals surface area (Å²) in [7, 11) is 0. The lowest BCUT2D eigenvalue weighted by molar-refractivity contribution is 0.105. The molecule has 0 bridgehead atoms. The fourth-order valence-corrected chi connectivity index (χ4v) is 2.99. The second-order valence-electron chi connectivity index (χ2n) is 4.12. The minimum atomic E-state index is -1.95. The number of rotatable bonds is 1. The van der Waals surface area contributed by atoms with Gasteiger partial charge in [0.2, 0.25) is 11.4 Å². The van der Waals surface area contributed by atoms with Crippen LogP contribution in [0.1, 0.15) is 35.3 Å². The van der Waals surface area contributed by atoms with Crippen molar-refractivity contribution in [2.75, 3.05) is 0 Å². The van der Waals surface area contributed by atoms with Gasteiger partial charge in [-0.25, -0.2) is 5.11 Å². The zero-order chi connectivity index (χ0) is 16.8. The fourth-order valence-electron chi connectivity index (χ4n) is 1.72. The Morgan fingerprint density at radius 2 is 1.10 bits per heavy atom. The Morgan fingerprint density at radius 3 is 1.29 bits per heavy atom. The zero-order valence-corrected chi connectivity index (χ0v) is 16.8. The van der Waals surface area contributed by atoms with Crippen LogP contribution >= 0.6 is 104 Å². The molecule has 0 fully saturated rings. The molecule has 0 aliphatic heterocycles. The Kier molecular flexibility index (Phi) is 6.90. The molecule has 1 rings (SSSR count). The molecule has 119 valence electrons. The van der Waals surface area contributed by atoms with Gasteiger partial charge in [-0.05, 0) is 24.6 Å². The summed E-state index contributed by atoms with van der Waals surface area (Å²) >= 11 is 52.8. The molecule has 0 spiro atoms. The van der Waals surface area contributed by atoms with E-state index in [2.05, 4.69) is 0 Å². The highest BCUT2D eigenvalue weighted by Gasteiger charge is 2.38. The second-order valence-corrected chi connectivity index (χ2v) is 11.0. The molecular formula is C11H6Cl9O. The van der Waals surface area contributed by atoms with Crippen LogP contribution in [0, 0.1) is 0 Å². The first kappa shape index (κ1) is 20.8. The maximum absolute atomic E-state index is 12.0. The molecule has 1 atom stereocenters. The lowest BCUT2D eigenvalue weighted by Crippen LogP contribution is -2.17. The van der Waals surface area contributed by atoms with Gasteiger partial charge in [0, 0.05) is 16.7 Å². The number of halogens is 9. The lowest BCUT2D eigenvalue weighted by atomic mass is 9.95. The van der Waals surface area contributed by atoms with Crippen molar-refractivity contribution in [2.24, 2.45) is 0 Å². The van der Waals surface area contributed by atoms with Crippen molar-refractivity contribution in [3.8, 4) is 0 Å². The standard InChI is InChI=1S/C11H6Cl9O/c1-4(21)8-6(10(15,16)17)2-5(9(12,13)14)3-7(8)11(18,19)20/h2-4H,1H3. The summed E-state index contributed by atoms with van der Waals surface area (Å²) in [5.41, 5.74) is 0.146. The van der Waals surface area contributed by atoms with Crippen molar-refractivity contribution < 1.29 is 5.11 Å². The summed E-state index contributed by atoms with van der Waals surface area (Å²) in [5, 5.41) is 12.0. The highest BCUT2D eigenvalue weighted by atomic mass is 35.6. The Hall–Kier alpha value is 1.79. The number of alkyl halides is 9. The number of benzene rings is 1. The van der Waals surface area contributed by atoms with E-state index in [1.165, 1.54) is 19.1 Å². The first-order valence-electron chi connectivity index (χ1n) is 5.21. The van der Waals surface area contributed by atoms with Crippen molar-refractivity contribution in [1.29, 1.82) is 0 Å². The predicted octanol–water partition coefficient (Wildman–Crippen LogP) is 7.66. The molecule has 0 amide bonds. The zero-order valence-electron chi connectivity index (χ0n) is 10.0. The number of hydrogen-bond donors (Lipinski definition) is 0. The molecule has 0 heterocycles. The Bertz CT molecular complexity index is 487. The van der Waals surface area contributed by atoms with Crippen LogP contribution in [0.5, 0.6) is 0 Å². The van der Waals surface area contributed by atoms with Gasteiger partial charge >= 0.3 is 0 Å². The molecule has 1 aromatic rings. The molecule has 1 aromatic carbocycles. The first-order valence-corrected chi connectivity index (χ1v) is 8.61. The van der Waals surface area contributed by atoms with Gasteiger partial charge in [0.1, 0.15) is 6.10 Å². The SMILES string of the molecule is CC([O])c1c(C(Cl)(Cl)Cl)cc(C(Cl)(Cl)Cl)cc1C(Cl)(Cl)Cl. The van der Waals surface area contributed by atoms with E-state index in [0.717, 1.165) is 0 Å². The van der Waals surface area contributed by atoms with Crippen LogP contribution in [0.2, 0.25) is 0 Å². The molecule has 0 aliphatic carbocycles. The van der Waals surface area contributed by atoms with Crippen molar-refractivity contribution in [3.05, 3.63) is 34.4 Å². The van der Waals surface area contributed by atoms with Crippen LogP contribution in [0.3, 0.4) is 0 Å². The summed E-state index contributed by atoms with van der Waals surface area (Å²) in [6.07, 6.45) is -1.33. The summed E-state index contributed by atoms with van der Waals surface area (Å²) < 4.78 is -5.75. The van der Waals surface area contributed by atoms with Crippen LogP contribution in [-0.2, 0) is 16.5 Å². The van der Waals surface area contributed by atoms with E-state index in [1.54, 1.807) is 0 Å². The largest absolute Gasteiger partial charge is 0.228 e. The van der Waals surface area contributed by atoms with Gasteiger partial charge in [-0.15, -0.1) is 0 Å². The quantitative estimate of drug-likeness (QED) is 0.374. The molecule has 0 saturated carbocycles. The normalized spacial score (nSPS) is 15.2. The summed E-state index contributed by atoms with van der Waals surface area (Å²) in [6, 6.07) is 2.59. The third kappa shape index (κ3) is 5.39. The summed E-state index contributed by atoms with van der Waals surface area (Å²) in [5.74, 6) is 0. The highest BCUT2D eigenvalue weighted by Crippen LogP contribution is 2.51. The van der Waals surface area contributed by atoms with E-state index in [-0.39, 0.29) is 22.3 Å². The van der Waals surface area contributed by atoms with E-state index in [4.69, 9.17) is 104 Å². The molecule has 10 heteroatoms. The van der Waals surface area contributed by atoms with Crippen molar-refractivity contribution >= 4 is 104 Å².